The topological polar surface area (TPSA) is 68.2 Å². The van der Waals surface area contributed by atoms with Crippen molar-refractivity contribution in [3.05, 3.63) is 29.3 Å². The summed E-state index contributed by atoms with van der Waals surface area (Å²) in [5, 5.41) is 9.55. The van der Waals surface area contributed by atoms with Crippen LogP contribution in [0.2, 0.25) is 0 Å². The van der Waals surface area contributed by atoms with Gasteiger partial charge in [0.15, 0.2) is 11.5 Å². The van der Waals surface area contributed by atoms with Gasteiger partial charge < -0.3 is 19.3 Å². The second kappa shape index (κ2) is 20.4. The lowest BCUT2D eigenvalue weighted by molar-refractivity contribution is 0.158. The van der Waals surface area contributed by atoms with E-state index in [0.29, 0.717) is 36.8 Å². The molecule has 6 nitrogen and oxygen atoms in total. The summed E-state index contributed by atoms with van der Waals surface area (Å²) >= 11 is 0. The molecule has 0 saturated carbocycles. The van der Waals surface area contributed by atoms with Crippen molar-refractivity contribution < 1.29 is 24.1 Å². The number of anilines is 1. The van der Waals surface area contributed by atoms with Crippen LogP contribution in [0.25, 0.3) is 0 Å². The fraction of sp³-hybridized carbons (Fsp3) is 0.667. The van der Waals surface area contributed by atoms with Crippen LogP contribution in [0.1, 0.15) is 92.6 Å². The number of hydrogen-bond donors (Lipinski definition) is 1. The third-order valence-corrected chi connectivity index (χ3v) is 4.78. The molecule has 1 heterocycles. The Morgan fingerprint density at radius 1 is 1.09 bits per heavy atom. The van der Waals surface area contributed by atoms with Crippen LogP contribution in [0.15, 0.2) is 23.8 Å². The molecule has 33 heavy (non-hydrogen) atoms. The molecule has 0 radical (unpaired) electrons. The predicted octanol–water partition coefficient (Wildman–Crippen LogP) is 7.34. The van der Waals surface area contributed by atoms with E-state index in [2.05, 4.69) is 40.7 Å². The zero-order valence-corrected chi connectivity index (χ0v) is 22.8. The summed E-state index contributed by atoms with van der Waals surface area (Å²) in [6.45, 7) is 17.4. The molecule has 0 saturated heterocycles. The molecule has 0 aromatic heterocycles. The molecule has 1 atom stereocenters. The molecule has 1 unspecified atom stereocenters. The molecule has 6 heteroatoms. The molecule has 192 valence electrons. The number of aliphatic hydroxyl groups is 1. The van der Waals surface area contributed by atoms with Gasteiger partial charge in [0.1, 0.15) is 0 Å². The van der Waals surface area contributed by atoms with Gasteiger partial charge in [0.25, 0.3) is 0 Å². The molecule has 1 aromatic rings. The number of carbonyl (C=O) groups is 1. The number of carbonyl (C=O) groups excluding carboxylic acids is 1. The quantitative estimate of drug-likeness (QED) is 0.443. The molecule has 1 aliphatic rings. The maximum absolute atomic E-state index is 12.1. The maximum atomic E-state index is 12.1. The first kappa shape index (κ1) is 33.0. The van der Waals surface area contributed by atoms with Gasteiger partial charge in [-0.2, -0.15) is 0 Å². The normalized spacial score (nSPS) is 14.2. The van der Waals surface area contributed by atoms with Gasteiger partial charge in [-0.25, -0.2) is 4.79 Å². The SMILES string of the molecule is CC.CC/C=C(\C)CC.CCC.CCOC(=O)N1CCC(CO)c2cc(OC)c(OC)cc21. The third kappa shape index (κ3) is 11.5. The Morgan fingerprint density at radius 2 is 1.64 bits per heavy atom. The van der Waals surface area contributed by atoms with Gasteiger partial charge in [0, 0.05) is 18.5 Å². The number of hydrogen-bond acceptors (Lipinski definition) is 5. The van der Waals surface area contributed by atoms with Gasteiger partial charge in [-0.15, -0.1) is 0 Å². The van der Waals surface area contributed by atoms with E-state index in [-0.39, 0.29) is 18.6 Å². The lowest BCUT2D eigenvalue weighted by Gasteiger charge is -2.33. The van der Waals surface area contributed by atoms with Gasteiger partial charge >= 0.3 is 6.09 Å². The number of methoxy groups -OCH3 is 2. The Balaban J connectivity index is 0. The van der Waals surface area contributed by atoms with Crippen LogP contribution in [-0.2, 0) is 4.74 Å². The van der Waals surface area contributed by atoms with Crippen molar-refractivity contribution in [3.8, 4) is 11.5 Å². The van der Waals surface area contributed by atoms with E-state index in [4.69, 9.17) is 14.2 Å². The van der Waals surface area contributed by atoms with Gasteiger partial charge in [0.05, 0.1) is 33.1 Å². The minimum Gasteiger partial charge on any atom is -0.493 e. The summed E-state index contributed by atoms with van der Waals surface area (Å²) in [6.07, 6.45) is 6.19. The van der Waals surface area contributed by atoms with E-state index in [0.717, 1.165) is 5.56 Å². The Labute approximate surface area is 202 Å². The fourth-order valence-corrected chi connectivity index (χ4v) is 3.08. The van der Waals surface area contributed by atoms with Gasteiger partial charge in [-0.1, -0.05) is 59.6 Å². The first-order chi connectivity index (χ1) is 15.9. The summed E-state index contributed by atoms with van der Waals surface area (Å²) in [7, 11) is 3.11. The van der Waals surface area contributed by atoms with Gasteiger partial charge in [-0.05, 0) is 44.7 Å². The average Bonchev–Trinajstić information content (AvgIpc) is 2.84. The van der Waals surface area contributed by atoms with Gasteiger partial charge in [-0.3, -0.25) is 4.90 Å². The van der Waals surface area contributed by atoms with Crippen molar-refractivity contribution in [1.82, 2.24) is 0 Å². The Morgan fingerprint density at radius 3 is 2.03 bits per heavy atom. The minimum absolute atomic E-state index is 0.0227. The van der Waals surface area contributed by atoms with E-state index < -0.39 is 0 Å². The summed E-state index contributed by atoms with van der Waals surface area (Å²) in [5.74, 6) is 1.11. The Bertz CT molecular complexity index is 673. The van der Waals surface area contributed by atoms with Crippen molar-refractivity contribution in [2.75, 3.05) is 38.9 Å². The Hall–Kier alpha value is -2.21. The van der Waals surface area contributed by atoms with Crippen molar-refractivity contribution in [2.24, 2.45) is 0 Å². The molecule has 0 aliphatic carbocycles. The van der Waals surface area contributed by atoms with E-state index in [1.165, 1.54) is 24.8 Å². The minimum atomic E-state index is -0.387. The monoisotopic (exact) mass is 467 g/mol. The smallest absolute Gasteiger partial charge is 0.414 e. The lowest BCUT2D eigenvalue weighted by Crippen LogP contribution is -2.37. The molecule has 1 aliphatic heterocycles. The summed E-state index contributed by atoms with van der Waals surface area (Å²) in [6, 6.07) is 3.58. The highest BCUT2D eigenvalue weighted by atomic mass is 16.6. The first-order valence-corrected chi connectivity index (χ1v) is 12.3. The molecule has 0 spiro atoms. The van der Waals surface area contributed by atoms with Crippen LogP contribution < -0.4 is 14.4 Å². The maximum Gasteiger partial charge on any atom is 0.414 e. The molecule has 0 fully saturated rings. The van der Waals surface area contributed by atoms with E-state index >= 15 is 0 Å². The zero-order valence-electron chi connectivity index (χ0n) is 22.8. The summed E-state index contributed by atoms with van der Waals surface area (Å²) in [4.78, 5) is 13.7. The van der Waals surface area contributed by atoms with Crippen molar-refractivity contribution >= 4 is 11.8 Å². The number of rotatable bonds is 6. The number of aliphatic hydroxyl groups excluding tert-OH is 1. The van der Waals surface area contributed by atoms with Crippen molar-refractivity contribution in [1.29, 1.82) is 0 Å². The van der Waals surface area contributed by atoms with Crippen LogP contribution in [0.4, 0.5) is 10.5 Å². The van der Waals surface area contributed by atoms with Crippen LogP contribution in [0.3, 0.4) is 0 Å². The van der Waals surface area contributed by atoms with Crippen molar-refractivity contribution in [2.45, 2.75) is 87.0 Å². The largest absolute Gasteiger partial charge is 0.493 e. The second-order valence-corrected chi connectivity index (χ2v) is 7.30. The van der Waals surface area contributed by atoms with Crippen LogP contribution in [-0.4, -0.2) is 45.2 Å². The lowest BCUT2D eigenvalue weighted by atomic mass is 9.90. The standard InChI is InChI=1S/C15H21NO5.C7H14.C3H8.C2H6/c1-4-21-15(18)16-6-5-10(9-17)11-7-13(19-2)14(20-3)8-12(11)16;1-4-6-7(3)5-2;1-3-2;1-2/h7-8,10,17H,4-6,9H2,1-3H3;6H,4-5H2,1-3H3;3H2,1-2H3;1-2H3/b;7-6+;;. The number of ether oxygens (including phenoxy) is 3. The van der Waals surface area contributed by atoms with Crippen LogP contribution in [0.5, 0.6) is 11.5 Å². The average molecular weight is 468 g/mol. The van der Waals surface area contributed by atoms with E-state index in [1.54, 1.807) is 32.1 Å². The van der Waals surface area contributed by atoms with Crippen LogP contribution in [0, 0.1) is 0 Å². The molecular formula is C27H49NO5. The van der Waals surface area contributed by atoms with E-state index in [1.807, 2.05) is 19.9 Å². The molecule has 1 N–H and O–H groups in total. The second-order valence-electron chi connectivity index (χ2n) is 7.30. The fourth-order valence-electron chi connectivity index (χ4n) is 3.08. The number of nitrogens with zero attached hydrogens (tertiary/aromatic N) is 1. The van der Waals surface area contributed by atoms with Crippen LogP contribution >= 0.6 is 0 Å². The highest BCUT2D eigenvalue weighted by Crippen LogP contribution is 2.42. The molecule has 2 rings (SSSR count). The van der Waals surface area contributed by atoms with Gasteiger partial charge in [0.2, 0.25) is 0 Å². The molecule has 0 bridgehead atoms. The first-order valence-electron chi connectivity index (χ1n) is 12.3. The highest BCUT2D eigenvalue weighted by molar-refractivity contribution is 5.90. The number of benzene rings is 1. The predicted molar refractivity (Wildman–Crippen MR) is 140 cm³/mol. The summed E-state index contributed by atoms with van der Waals surface area (Å²) < 4.78 is 15.7. The highest BCUT2D eigenvalue weighted by Gasteiger charge is 2.31. The zero-order chi connectivity index (χ0) is 25.8. The number of allylic oxidation sites excluding steroid dienone is 2. The van der Waals surface area contributed by atoms with Crippen molar-refractivity contribution in [3.63, 3.8) is 0 Å². The third-order valence-electron chi connectivity index (χ3n) is 4.78. The molecular weight excluding hydrogens is 418 g/mol. The number of amides is 1. The molecule has 1 amide bonds. The Kier molecular flexibility index (Phi) is 20.4. The van der Waals surface area contributed by atoms with E-state index in [9.17, 15) is 9.90 Å². The molecule has 1 aromatic carbocycles. The number of fused-ring (bicyclic) bond motifs is 1. The summed E-state index contributed by atoms with van der Waals surface area (Å²) in [5.41, 5.74) is 3.08.